The largest absolute Gasteiger partial charge is 0.494 e. The van der Waals surface area contributed by atoms with Crippen LogP contribution in [0.3, 0.4) is 0 Å². The van der Waals surface area contributed by atoms with E-state index in [1.54, 1.807) is 0 Å². The van der Waals surface area contributed by atoms with Gasteiger partial charge in [0.15, 0.2) is 11.8 Å². The Labute approximate surface area is 160 Å². The number of benzene rings is 2. The third-order valence-corrected chi connectivity index (χ3v) is 5.18. The molecule has 0 aliphatic rings. The predicted molar refractivity (Wildman–Crippen MR) is 106 cm³/mol. The summed E-state index contributed by atoms with van der Waals surface area (Å²) >= 11 is 12.4. The van der Waals surface area contributed by atoms with E-state index >= 15 is 0 Å². The van der Waals surface area contributed by atoms with Gasteiger partial charge in [-0.1, -0.05) is 30.1 Å². The van der Waals surface area contributed by atoms with Crippen LogP contribution in [0.4, 0.5) is 0 Å². The van der Waals surface area contributed by atoms with E-state index < -0.39 is 0 Å². The molecule has 6 heteroatoms. The van der Waals surface area contributed by atoms with Crippen molar-refractivity contribution in [1.29, 1.82) is 0 Å². The Hall–Kier alpha value is -2.30. The Kier molecular flexibility index (Phi) is 4.25. The van der Waals surface area contributed by atoms with E-state index in [1.807, 2.05) is 36.4 Å². The molecule has 2 aromatic heterocycles. The van der Waals surface area contributed by atoms with Gasteiger partial charge in [0.2, 0.25) is 0 Å². The lowest BCUT2D eigenvalue weighted by Crippen LogP contribution is -2.13. The molecule has 2 heterocycles. The lowest BCUT2D eigenvalue weighted by Gasteiger charge is -2.17. The summed E-state index contributed by atoms with van der Waals surface area (Å²) in [6.07, 6.45) is 0. The molecule has 0 aliphatic heterocycles. The standard InChI is InChI=1S/C20H18Cl2N2O2/c1-12(11-24-19(25)6-7-20(24)26)10-23-17-4-2-13(21)8-15(17)16-9-14(22)3-5-18(16)23/h2-9,12,25-26H,10-11H2,1H3. The molecule has 26 heavy (non-hydrogen) atoms. The van der Waals surface area contributed by atoms with Gasteiger partial charge in [-0.05, 0) is 42.3 Å². The molecule has 0 radical (unpaired) electrons. The fourth-order valence-corrected chi connectivity index (χ4v) is 3.90. The molecule has 4 rings (SSSR count). The van der Waals surface area contributed by atoms with Gasteiger partial charge in [0.05, 0.1) is 0 Å². The average Bonchev–Trinajstić information content (AvgIpc) is 3.07. The number of halogens is 2. The van der Waals surface area contributed by atoms with E-state index in [9.17, 15) is 10.2 Å². The highest BCUT2D eigenvalue weighted by Gasteiger charge is 2.16. The number of aromatic nitrogens is 2. The molecule has 0 aliphatic carbocycles. The lowest BCUT2D eigenvalue weighted by atomic mass is 10.1. The molecule has 4 nitrogen and oxygen atoms in total. The molecule has 0 saturated carbocycles. The highest BCUT2D eigenvalue weighted by Crippen LogP contribution is 2.34. The summed E-state index contributed by atoms with van der Waals surface area (Å²) in [5, 5.41) is 23.3. The van der Waals surface area contributed by atoms with Crippen LogP contribution in [-0.2, 0) is 13.1 Å². The van der Waals surface area contributed by atoms with Gasteiger partial charge in [0.25, 0.3) is 0 Å². The van der Waals surface area contributed by atoms with Crippen LogP contribution >= 0.6 is 23.2 Å². The number of fused-ring (bicyclic) bond motifs is 3. The third kappa shape index (κ3) is 2.89. The fourth-order valence-electron chi connectivity index (χ4n) is 3.56. The van der Waals surface area contributed by atoms with Gasteiger partial charge in [-0.2, -0.15) is 0 Å². The van der Waals surface area contributed by atoms with Crippen LogP contribution in [0.25, 0.3) is 21.8 Å². The van der Waals surface area contributed by atoms with Crippen molar-refractivity contribution in [2.45, 2.75) is 20.0 Å². The monoisotopic (exact) mass is 388 g/mol. The van der Waals surface area contributed by atoms with Crippen LogP contribution in [0.15, 0.2) is 48.5 Å². The van der Waals surface area contributed by atoms with Crippen molar-refractivity contribution >= 4 is 45.0 Å². The van der Waals surface area contributed by atoms with Crippen molar-refractivity contribution in [3.63, 3.8) is 0 Å². The maximum absolute atomic E-state index is 9.88. The topological polar surface area (TPSA) is 50.3 Å². The molecular formula is C20H18Cl2N2O2. The third-order valence-electron chi connectivity index (χ3n) is 4.71. The maximum atomic E-state index is 9.88. The molecule has 0 fully saturated rings. The van der Waals surface area contributed by atoms with Crippen LogP contribution in [-0.4, -0.2) is 19.3 Å². The number of hydrogen-bond donors (Lipinski definition) is 2. The smallest absolute Gasteiger partial charge is 0.193 e. The summed E-state index contributed by atoms with van der Waals surface area (Å²) < 4.78 is 3.74. The summed E-state index contributed by atoms with van der Waals surface area (Å²) in [5.74, 6) is 0.301. The van der Waals surface area contributed by atoms with Crippen molar-refractivity contribution < 1.29 is 10.2 Å². The van der Waals surface area contributed by atoms with Gasteiger partial charge >= 0.3 is 0 Å². The highest BCUT2D eigenvalue weighted by atomic mass is 35.5. The van der Waals surface area contributed by atoms with E-state index in [-0.39, 0.29) is 17.7 Å². The first-order valence-corrected chi connectivity index (χ1v) is 9.14. The Bertz CT molecular complexity index is 1040. The predicted octanol–water partition coefficient (Wildman–Crippen LogP) is 5.65. The molecule has 2 N–H and O–H groups in total. The van der Waals surface area contributed by atoms with E-state index in [4.69, 9.17) is 23.2 Å². The van der Waals surface area contributed by atoms with Gasteiger partial charge < -0.3 is 14.8 Å². The molecular weight excluding hydrogens is 371 g/mol. The van der Waals surface area contributed by atoms with Crippen molar-refractivity contribution in [3.05, 3.63) is 58.6 Å². The Balaban J connectivity index is 1.77. The van der Waals surface area contributed by atoms with Crippen LogP contribution in [0.5, 0.6) is 11.8 Å². The van der Waals surface area contributed by atoms with Crippen LogP contribution < -0.4 is 0 Å². The summed E-state index contributed by atoms with van der Waals surface area (Å²) in [4.78, 5) is 0. The summed E-state index contributed by atoms with van der Waals surface area (Å²) in [6, 6.07) is 14.7. The van der Waals surface area contributed by atoms with Crippen LogP contribution in [0.1, 0.15) is 6.92 Å². The minimum Gasteiger partial charge on any atom is -0.494 e. The fraction of sp³-hybridized carbons (Fsp3) is 0.200. The Morgan fingerprint density at radius 1 is 0.769 bits per heavy atom. The molecule has 0 spiro atoms. The molecule has 0 bridgehead atoms. The molecule has 0 saturated heterocycles. The minimum atomic E-state index is 0.0649. The van der Waals surface area contributed by atoms with Crippen LogP contribution in [0, 0.1) is 5.92 Å². The second-order valence-electron chi connectivity index (χ2n) is 6.70. The second kappa shape index (κ2) is 6.45. The highest BCUT2D eigenvalue weighted by molar-refractivity contribution is 6.33. The molecule has 1 unspecified atom stereocenters. The van der Waals surface area contributed by atoms with Gasteiger partial charge in [-0.15, -0.1) is 0 Å². The summed E-state index contributed by atoms with van der Waals surface area (Å²) in [7, 11) is 0. The first kappa shape index (κ1) is 17.1. The van der Waals surface area contributed by atoms with Gasteiger partial charge in [-0.25, -0.2) is 0 Å². The number of rotatable bonds is 4. The number of nitrogens with zero attached hydrogens (tertiary/aromatic N) is 2. The number of hydrogen-bond acceptors (Lipinski definition) is 2. The van der Waals surface area contributed by atoms with E-state index in [0.717, 1.165) is 28.4 Å². The first-order chi connectivity index (χ1) is 12.4. The Morgan fingerprint density at radius 2 is 1.23 bits per heavy atom. The minimum absolute atomic E-state index is 0.0649. The molecule has 2 aromatic carbocycles. The van der Waals surface area contributed by atoms with Gasteiger partial charge in [0.1, 0.15) is 0 Å². The average molecular weight is 389 g/mol. The normalized spacial score (nSPS) is 12.9. The Morgan fingerprint density at radius 3 is 1.73 bits per heavy atom. The second-order valence-corrected chi connectivity index (χ2v) is 7.57. The van der Waals surface area contributed by atoms with Crippen molar-refractivity contribution in [3.8, 4) is 11.8 Å². The zero-order valence-electron chi connectivity index (χ0n) is 14.2. The van der Waals surface area contributed by atoms with E-state index in [0.29, 0.717) is 16.6 Å². The summed E-state index contributed by atoms with van der Waals surface area (Å²) in [5.41, 5.74) is 2.17. The lowest BCUT2D eigenvalue weighted by molar-refractivity contribution is 0.328. The summed E-state index contributed by atoms with van der Waals surface area (Å²) in [6.45, 7) is 3.32. The van der Waals surface area contributed by atoms with Crippen molar-refractivity contribution in [2.24, 2.45) is 5.92 Å². The quantitative estimate of drug-likeness (QED) is 0.474. The molecule has 4 aromatic rings. The SMILES string of the molecule is CC(Cn1c(O)ccc1O)Cn1c2ccc(Cl)cc2c2cc(Cl)ccc21. The van der Waals surface area contributed by atoms with Crippen molar-refractivity contribution in [1.82, 2.24) is 9.13 Å². The van der Waals surface area contributed by atoms with E-state index in [2.05, 4.69) is 11.5 Å². The maximum Gasteiger partial charge on any atom is 0.193 e. The zero-order chi connectivity index (χ0) is 18.4. The van der Waals surface area contributed by atoms with E-state index in [1.165, 1.54) is 16.7 Å². The first-order valence-electron chi connectivity index (χ1n) is 8.38. The molecule has 0 amide bonds. The zero-order valence-corrected chi connectivity index (χ0v) is 15.7. The molecule has 134 valence electrons. The van der Waals surface area contributed by atoms with Gasteiger partial charge in [0, 0.05) is 57.1 Å². The number of aromatic hydroxyl groups is 2. The van der Waals surface area contributed by atoms with Crippen molar-refractivity contribution in [2.75, 3.05) is 0 Å². The van der Waals surface area contributed by atoms with Gasteiger partial charge in [-0.3, -0.25) is 4.57 Å². The van der Waals surface area contributed by atoms with Crippen LogP contribution in [0.2, 0.25) is 10.0 Å². The molecule has 1 atom stereocenters.